The molecule has 0 bridgehead atoms. The van der Waals surface area contributed by atoms with Gasteiger partial charge in [0, 0.05) is 0 Å². The summed E-state index contributed by atoms with van der Waals surface area (Å²) in [5.74, 6) is -0.630. The fraction of sp³-hybridized carbons (Fsp3) is 0. The van der Waals surface area contributed by atoms with Crippen LogP contribution in [0.4, 0.5) is 8.78 Å². The van der Waals surface area contributed by atoms with Crippen LogP contribution in [0.5, 0.6) is 0 Å². The maximum atomic E-state index is 13.0. The number of halogens is 4. The lowest BCUT2D eigenvalue weighted by Gasteiger charge is -2.04. The zero-order valence-electron chi connectivity index (χ0n) is 7.98. The van der Waals surface area contributed by atoms with Gasteiger partial charge in [-0.05, 0) is 67.3 Å². The first-order chi connectivity index (χ1) is 7.58. The van der Waals surface area contributed by atoms with Gasteiger partial charge in [-0.15, -0.1) is 0 Å². The lowest BCUT2D eigenvalue weighted by atomic mass is 10.1. The Kier molecular flexibility index (Phi) is 3.40. The largest absolute Gasteiger partial charge is 0.206 e. The maximum absolute atomic E-state index is 13.0. The van der Waals surface area contributed by atoms with Gasteiger partial charge >= 0.3 is 0 Å². The summed E-state index contributed by atoms with van der Waals surface area (Å²) in [6.45, 7) is 0. The minimum Gasteiger partial charge on any atom is -0.206 e. The Morgan fingerprint density at radius 2 is 1.06 bits per heavy atom. The molecule has 0 saturated carbocycles. The zero-order valence-corrected chi connectivity index (χ0v) is 11.1. The van der Waals surface area contributed by atoms with Gasteiger partial charge < -0.3 is 0 Å². The van der Waals surface area contributed by atoms with Crippen molar-refractivity contribution in [3.63, 3.8) is 0 Å². The quantitative estimate of drug-likeness (QED) is 0.668. The van der Waals surface area contributed by atoms with Gasteiger partial charge in [-0.1, -0.05) is 12.1 Å². The molecule has 0 saturated heterocycles. The van der Waals surface area contributed by atoms with Gasteiger partial charge in [0.05, 0.1) is 8.95 Å². The normalized spacial score (nSPS) is 10.5. The van der Waals surface area contributed by atoms with Gasteiger partial charge in [0.1, 0.15) is 11.6 Å². The van der Waals surface area contributed by atoms with E-state index >= 15 is 0 Å². The van der Waals surface area contributed by atoms with E-state index < -0.39 is 0 Å². The van der Waals surface area contributed by atoms with Crippen LogP contribution in [-0.2, 0) is 0 Å². The van der Waals surface area contributed by atoms with Crippen molar-refractivity contribution in [3.8, 4) is 11.1 Å². The van der Waals surface area contributed by atoms with E-state index in [0.29, 0.717) is 8.95 Å². The Hall–Kier alpha value is -0.740. The molecule has 2 aromatic rings. The standard InChI is InChI=1S/C12H6Br2F2/c13-9-5-7(1-3-11(9)15)8-2-4-12(16)10(14)6-8/h1-6H. The molecule has 0 aliphatic heterocycles. The lowest BCUT2D eigenvalue weighted by Crippen LogP contribution is -1.83. The third-order valence-corrected chi connectivity index (χ3v) is 3.39. The van der Waals surface area contributed by atoms with E-state index in [1.165, 1.54) is 12.1 Å². The Morgan fingerprint density at radius 1 is 0.688 bits per heavy atom. The molecule has 0 spiro atoms. The number of hydrogen-bond acceptors (Lipinski definition) is 0. The second-order valence-corrected chi connectivity index (χ2v) is 4.97. The summed E-state index contributed by atoms with van der Waals surface area (Å²) in [4.78, 5) is 0. The van der Waals surface area contributed by atoms with Crippen molar-refractivity contribution in [3.05, 3.63) is 57.0 Å². The lowest BCUT2D eigenvalue weighted by molar-refractivity contribution is 0.620. The van der Waals surface area contributed by atoms with Crippen molar-refractivity contribution < 1.29 is 8.78 Å². The van der Waals surface area contributed by atoms with Crippen LogP contribution in [0.15, 0.2) is 45.3 Å². The van der Waals surface area contributed by atoms with Crippen LogP contribution in [0.3, 0.4) is 0 Å². The predicted octanol–water partition coefficient (Wildman–Crippen LogP) is 5.16. The SMILES string of the molecule is Fc1ccc(-c2ccc(F)c(Br)c2)cc1Br. The highest BCUT2D eigenvalue weighted by atomic mass is 79.9. The van der Waals surface area contributed by atoms with Crippen molar-refractivity contribution >= 4 is 31.9 Å². The summed E-state index contributed by atoms with van der Waals surface area (Å²) >= 11 is 6.23. The molecule has 82 valence electrons. The highest BCUT2D eigenvalue weighted by molar-refractivity contribution is 9.10. The topological polar surface area (TPSA) is 0 Å². The van der Waals surface area contributed by atoms with E-state index in [2.05, 4.69) is 31.9 Å². The van der Waals surface area contributed by atoms with Crippen LogP contribution in [0, 0.1) is 11.6 Å². The molecule has 4 heteroatoms. The third-order valence-electron chi connectivity index (χ3n) is 2.17. The first-order valence-electron chi connectivity index (χ1n) is 4.48. The molecular formula is C12H6Br2F2. The summed E-state index contributed by atoms with van der Waals surface area (Å²) in [7, 11) is 0. The van der Waals surface area contributed by atoms with Crippen molar-refractivity contribution in [1.29, 1.82) is 0 Å². The summed E-state index contributed by atoms with van der Waals surface area (Å²) in [6.07, 6.45) is 0. The average Bonchev–Trinajstić information content (AvgIpc) is 2.26. The molecule has 0 aromatic heterocycles. The second-order valence-electron chi connectivity index (χ2n) is 3.26. The zero-order chi connectivity index (χ0) is 11.7. The fourth-order valence-electron chi connectivity index (χ4n) is 1.35. The Bertz CT molecular complexity index is 489. The van der Waals surface area contributed by atoms with E-state index in [1.807, 2.05) is 0 Å². The minimum atomic E-state index is -0.315. The Morgan fingerprint density at radius 3 is 1.38 bits per heavy atom. The monoisotopic (exact) mass is 346 g/mol. The van der Waals surface area contributed by atoms with Crippen LogP contribution in [0.1, 0.15) is 0 Å². The average molecular weight is 348 g/mol. The molecule has 0 radical (unpaired) electrons. The molecule has 0 unspecified atom stereocenters. The number of rotatable bonds is 1. The summed E-state index contributed by atoms with van der Waals surface area (Å²) < 4.78 is 26.9. The smallest absolute Gasteiger partial charge is 0.137 e. The van der Waals surface area contributed by atoms with Gasteiger partial charge in [0.15, 0.2) is 0 Å². The second kappa shape index (κ2) is 4.63. The molecule has 16 heavy (non-hydrogen) atoms. The molecule has 0 nitrogen and oxygen atoms in total. The molecule has 0 heterocycles. The van der Waals surface area contributed by atoms with Gasteiger partial charge in [-0.2, -0.15) is 0 Å². The van der Waals surface area contributed by atoms with Crippen LogP contribution in [-0.4, -0.2) is 0 Å². The molecule has 2 rings (SSSR count). The van der Waals surface area contributed by atoms with E-state index in [-0.39, 0.29) is 11.6 Å². The molecule has 0 aliphatic carbocycles. The van der Waals surface area contributed by atoms with Crippen LogP contribution in [0.25, 0.3) is 11.1 Å². The van der Waals surface area contributed by atoms with Gasteiger partial charge in [0.25, 0.3) is 0 Å². The van der Waals surface area contributed by atoms with Crippen LogP contribution in [0.2, 0.25) is 0 Å². The maximum Gasteiger partial charge on any atom is 0.137 e. The fourth-order valence-corrected chi connectivity index (χ4v) is 2.11. The number of benzene rings is 2. The first-order valence-corrected chi connectivity index (χ1v) is 6.07. The Labute approximate surface area is 109 Å². The first kappa shape index (κ1) is 11.7. The molecule has 0 amide bonds. The summed E-state index contributed by atoms with van der Waals surface area (Å²) in [6, 6.07) is 9.37. The van der Waals surface area contributed by atoms with E-state index in [0.717, 1.165) is 11.1 Å². The highest BCUT2D eigenvalue weighted by Crippen LogP contribution is 2.28. The molecule has 0 N–H and O–H groups in total. The Balaban J connectivity index is 2.50. The highest BCUT2D eigenvalue weighted by Gasteiger charge is 2.05. The van der Waals surface area contributed by atoms with Crippen molar-refractivity contribution in [2.24, 2.45) is 0 Å². The summed E-state index contributed by atoms with van der Waals surface area (Å²) in [5, 5.41) is 0. The third kappa shape index (κ3) is 2.33. The number of hydrogen-bond donors (Lipinski definition) is 0. The van der Waals surface area contributed by atoms with E-state index in [1.54, 1.807) is 24.3 Å². The predicted molar refractivity (Wildman–Crippen MR) is 67.2 cm³/mol. The van der Waals surface area contributed by atoms with Gasteiger partial charge in [-0.3, -0.25) is 0 Å². The van der Waals surface area contributed by atoms with Gasteiger partial charge in [0.2, 0.25) is 0 Å². The van der Waals surface area contributed by atoms with E-state index in [9.17, 15) is 8.78 Å². The minimum absolute atomic E-state index is 0.315. The molecular weight excluding hydrogens is 342 g/mol. The summed E-state index contributed by atoms with van der Waals surface area (Å²) in [5.41, 5.74) is 1.66. The van der Waals surface area contributed by atoms with Crippen LogP contribution < -0.4 is 0 Å². The molecule has 2 aromatic carbocycles. The molecule has 0 aliphatic rings. The van der Waals surface area contributed by atoms with Crippen molar-refractivity contribution in [2.75, 3.05) is 0 Å². The van der Waals surface area contributed by atoms with Crippen LogP contribution >= 0.6 is 31.9 Å². The van der Waals surface area contributed by atoms with Gasteiger partial charge in [-0.25, -0.2) is 8.78 Å². The molecule has 0 atom stereocenters. The van der Waals surface area contributed by atoms with Crippen molar-refractivity contribution in [2.45, 2.75) is 0 Å². The van der Waals surface area contributed by atoms with Crippen molar-refractivity contribution in [1.82, 2.24) is 0 Å². The molecule has 0 fully saturated rings. The van der Waals surface area contributed by atoms with E-state index in [4.69, 9.17) is 0 Å².